The second-order valence-electron chi connectivity index (χ2n) is 5.77. The van der Waals surface area contributed by atoms with Crippen LogP contribution < -0.4 is 11.1 Å². The minimum absolute atomic E-state index is 0.0814. The van der Waals surface area contributed by atoms with E-state index >= 15 is 0 Å². The van der Waals surface area contributed by atoms with Crippen molar-refractivity contribution in [2.45, 2.75) is 51.9 Å². The van der Waals surface area contributed by atoms with E-state index in [1.54, 1.807) is 0 Å². The number of hydrogen-bond donors (Lipinski definition) is 3. The summed E-state index contributed by atoms with van der Waals surface area (Å²) in [5, 5.41) is 11.6. The lowest BCUT2D eigenvalue weighted by Crippen LogP contribution is -2.44. The van der Waals surface area contributed by atoms with Gasteiger partial charge in [0, 0.05) is 19.5 Å². The normalized spacial score (nSPS) is 19.1. The van der Waals surface area contributed by atoms with Crippen molar-refractivity contribution < 1.29 is 14.7 Å². The summed E-state index contributed by atoms with van der Waals surface area (Å²) in [6.07, 6.45) is 5.63. The zero-order valence-electron chi connectivity index (χ0n) is 11.8. The number of carboxylic acid groups (broad SMARTS) is 1. The van der Waals surface area contributed by atoms with Crippen molar-refractivity contribution in [3.8, 4) is 0 Å². The van der Waals surface area contributed by atoms with Gasteiger partial charge in [0.1, 0.15) is 0 Å². The summed E-state index contributed by atoms with van der Waals surface area (Å²) >= 11 is 0. The summed E-state index contributed by atoms with van der Waals surface area (Å²) in [5.41, 5.74) is 5.41. The number of rotatable bonds is 8. The van der Waals surface area contributed by atoms with Crippen LogP contribution in [-0.4, -0.2) is 30.1 Å². The van der Waals surface area contributed by atoms with Crippen LogP contribution in [0.25, 0.3) is 0 Å². The molecule has 1 unspecified atom stereocenters. The standard InChI is InChI=1S/C14H26N2O3/c1-11(4-5-12(17)18)6-9-16-13(19)14(10-15)7-2-3-8-14/h11H,2-10,15H2,1H3,(H,16,19)(H,17,18). The molecule has 0 aromatic heterocycles. The molecule has 19 heavy (non-hydrogen) atoms. The van der Waals surface area contributed by atoms with Crippen molar-refractivity contribution in [3.05, 3.63) is 0 Å². The van der Waals surface area contributed by atoms with Crippen LogP contribution in [0.3, 0.4) is 0 Å². The molecule has 1 rings (SSSR count). The number of carbonyl (C=O) groups excluding carboxylic acids is 1. The summed E-state index contributed by atoms with van der Waals surface area (Å²) in [5.74, 6) is -0.365. The lowest BCUT2D eigenvalue weighted by atomic mass is 9.85. The number of aliphatic carboxylic acids is 1. The van der Waals surface area contributed by atoms with Crippen molar-refractivity contribution in [3.63, 3.8) is 0 Å². The van der Waals surface area contributed by atoms with Crippen LogP contribution in [0.5, 0.6) is 0 Å². The predicted octanol–water partition coefficient (Wildman–Crippen LogP) is 1.51. The first-order valence-corrected chi connectivity index (χ1v) is 7.20. The first-order chi connectivity index (χ1) is 9.00. The highest BCUT2D eigenvalue weighted by molar-refractivity contribution is 5.83. The van der Waals surface area contributed by atoms with E-state index in [0.29, 0.717) is 25.4 Å². The highest BCUT2D eigenvalue weighted by Gasteiger charge is 2.39. The molecule has 4 N–H and O–H groups in total. The van der Waals surface area contributed by atoms with Gasteiger partial charge in [0.05, 0.1) is 5.41 Å². The first kappa shape index (κ1) is 16.0. The zero-order chi connectivity index (χ0) is 14.3. The minimum atomic E-state index is -0.760. The maximum absolute atomic E-state index is 12.2. The Morgan fingerprint density at radius 1 is 1.32 bits per heavy atom. The molecule has 0 bridgehead atoms. The van der Waals surface area contributed by atoms with Crippen LogP contribution in [0.15, 0.2) is 0 Å². The summed E-state index contributed by atoms with van der Waals surface area (Å²) < 4.78 is 0. The average Bonchev–Trinajstić information content (AvgIpc) is 2.86. The number of amides is 1. The molecule has 5 nitrogen and oxygen atoms in total. The largest absolute Gasteiger partial charge is 0.481 e. The smallest absolute Gasteiger partial charge is 0.303 e. The molecule has 1 saturated carbocycles. The molecule has 0 aromatic rings. The van der Waals surface area contributed by atoms with E-state index in [4.69, 9.17) is 10.8 Å². The van der Waals surface area contributed by atoms with Gasteiger partial charge in [-0.2, -0.15) is 0 Å². The number of nitrogens with two attached hydrogens (primary N) is 1. The fraction of sp³-hybridized carbons (Fsp3) is 0.857. The van der Waals surface area contributed by atoms with Gasteiger partial charge in [0.15, 0.2) is 0 Å². The van der Waals surface area contributed by atoms with Crippen molar-refractivity contribution >= 4 is 11.9 Å². The Balaban J connectivity index is 2.24. The molecule has 0 aliphatic heterocycles. The topological polar surface area (TPSA) is 92.4 Å². The lowest BCUT2D eigenvalue weighted by molar-refractivity contribution is -0.137. The molecule has 0 saturated heterocycles. The second kappa shape index (κ2) is 7.48. The molecule has 0 heterocycles. The van der Waals surface area contributed by atoms with Gasteiger partial charge in [-0.3, -0.25) is 9.59 Å². The highest BCUT2D eigenvalue weighted by Crippen LogP contribution is 2.37. The molecule has 1 amide bonds. The summed E-state index contributed by atoms with van der Waals surface area (Å²) in [6.45, 7) is 3.05. The van der Waals surface area contributed by atoms with E-state index in [9.17, 15) is 9.59 Å². The van der Waals surface area contributed by atoms with Crippen LogP contribution >= 0.6 is 0 Å². The Labute approximate surface area is 114 Å². The molecular weight excluding hydrogens is 244 g/mol. The van der Waals surface area contributed by atoms with Gasteiger partial charge in [-0.25, -0.2) is 0 Å². The summed E-state index contributed by atoms with van der Waals surface area (Å²) in [4.78, 5) is 22.6. The van der Waals surface area contributed by atoms with E-state index in [1.807, 2.05) is 6.92 Å². The molecule has 1 aliphatic carbocycles. The van der Waals surface area contributed by atoms with Crippen LogP contribution in [0.2, 0.25) is 0 Å². The Hall–Kier alpha value is -1.10. The number of hydrogen-bond acceptors (Lipinski definition) is 3. The van der Waals surface area contributed by atoms with E-state index < -0.39 is 5.97 Å². The Morgan fingerprint density at radius 2 is 1.95 bits per heavy atom. The van der Waals surface area contributed by atoms with E-state index in [-0.39, 0.29) is 17.7 Å². The third-order valence-electron chi connectivity index (χ3n) is 4.21. The molecule has 0 aromatic carbocycles. The fourth-order valence-electron chi connectivity index (χ4n) is 2.71. The number of carbonyl (C=O) groups is 2. The fourth-order valence-corrected chi connectivity index (χ4v) is 2.71. The molecule has 1 aliphatic rings. The average molecular weight is 270 g/mol. The first-order valence-electron chi connectivity index (χ1n) is 7.20. The predicted molar refractivity (Wildman–Crippen MR) is 73.6 cm³/mol. The summed E-state index contributed by atoms with van der Waals surface area (Å²) in [6, 6.07) is 0. The molecule has 1 atom stereocenters. The van der Waals surface area contributed by atoms with Crippen LogP contribution in [-0.2, 0) is 9.59 Å². The third kappa shape index (κ3) is 4.82. The molecule has 5 heteroatoms. The van der Waals surface area contributed by atoms with Gasteiger partial charge in [-0.15, -0.1) is 0 Å². The van der Waals surface area contributed by atoms with Crippen molar-refractivity contribution in [1.82, 2.24) is 5.32 Å². The van der Waals surface area contributed by atoms with Crippen LogP contribution in [0.1, 0.15) is 51.9 Å². The van der Waals surface area contributed by atoms with E-state index in [1.165, 1.54) is 0 Å². The van der Waals surface area contributed by atoms with Gasteiger partial charge >= 0.3 is 5.97 Å². The van der Waals surface area contributed by atoms with Crippen LogP contribution in [0, 0.1) is 11.3 Å². The zero-order valence-corrected chi connectivity index (χ0v) is 11.8. The Bertz CT molecular complexity index is 312. The third-order valence-corrected chi connectivity index (χ3v) is 4.21. The molecule has 0 spiro atoms. The van der Waals surface area contributed by atoms with E-state index in [0.717, 1.165) is 32.1 Å². The molecule has 110 valence electrons. The SMILES string of the molecule is CC(CCNC(=O)C1(CN)CCCC1)CCC(=O)O. The lowest BCUT2D eigenvalue weighted by Gasteiger charge is -2.26. The molecule has 0 radical (unpaired) electrons. The van der Waals surface area contributed by atoms with Gasteiger partial charge in [0.2, 0.25) is 5.91 Å². The van der Waals surface area contributed by atoms with E-state index in [2.05, 4.69) is 5.32 Å². The second-order valence-corrected chi connectivity index (χ2v) is 5.77. The van der Waals surface area contributed by atoms with Gasteiger partial charge in [-0.05, 0) is 31.6 Å². The quantitative estimate of drug-likeness (QED) is 0.623. The maximum atomic E-state index is 12.2. The summed E-state index contributed by atoms with van der Waals surface area (Å²) in [7, 11) is 0. The van der Waals surface area contributed by atoms with Crippen molar-refractivity contribution in [1.29, 1.82) is 0 Å². The Kier molecular flexibility index (Phi) is 6.28. The highest BCUT2D eigenvalue weighted by atomic mass is 16.4. The number of nitrogens with one attached hydrogen (secondary N) is 1. The molecule has 1 fully saturated rings. The monoisotopic (exact) mass is 270 g/mol. The van der Waals surface area contributed by atoms with Crippen LogP contribution in [0.4, 0.5) is 0 Å². The molecular formula is C14H26N2O3. The van der Waals surface area contributed by atoms with Crippen molar-refractivity contribution in [2.24, 2.45) is 17.1 Å². The maximum Gasteiger partial charge on any atom is 0.303 e. The van der Waals surface area contributed by atoms with Gasteiger partial charge in [-0.1, -0.05) is 19.8 Å². The Morgan fingerprint density at radius 3 is 2.47 bits per heavy atom. The van der Waals surface area contributed by atoms with Gasteiger partial charge in [0.25, 0.3) is 0 Å². The number of carboxylic acids is 1. The van der Waals surface area contributed by atoms with Gasteiger partial charge < -0.3 is 16.2 Å². The van der Waals surface area contributed by atoms with Crippen molar-refractivity contribution in [2.75, 3.05) is 13.1 Å². The minimum Gasteiger partial charge on any atom is -0.481 e.